The summed E-state index contributed by atoms with van der Waals surface area (Å²) in [5.74, 6) is 0. The maximum atomic E-state index is 5.86. The van der Waals surface area contributed by atoms with Gasteiger partial charge < -0.3 is 10.3 Å². The first-order valence-electron chi connectivity index (χ1n) is 5.18. The van der Waals surface area contributed by atoms with Gasteiger partial charge in [-0.25, -0.2) is 0 Å². The molecule has 2 aromatic rings. The van der Waals surface area contributed by atoms with E-state index in [9.17, 15) is 0 Å². The van der Waals surface area contributed by atoms with E-state index in [1.165, 1.54) is 6.34 Å². The summed E-state index contributed by atoms with van der Waals surface area (Å²) in [6.07, 6.45) is 1.39. The fourth-order valence-electron chi connectivity index (χ4n) is 1.39. The Kier molecular flexibility index (Phi) is 4.94. The molecule has 0 atom stereocenters. The van der Waals surface area contributed by atoms with Crippen LogP contribution < -0.4 is 0 Å². The second kappa shape index (κ2) is 6.49. The molecule has 0 aliphatic rings. The van der Waals surface area contributed by atoms with E-state index >= 15 is 0 Å². The molecule has 0 fully saturated rings. The van der Waals surface area contributed by atoms with Crippen molar-refractivity contribution < 1.29 is 0 Å². The van der Waals surface area contributed by atoms with Gasteiger partial charge in [-0.15, -0.1) is 0 Å². The van der Waals surface area contributed by atoms with Gasteiger partial charge in [0, 0.05) is 20.1 Å². The van der Waals surface area contributed by atoms with Crippen molar-refractivity contribution in [3.05, 3.63) is 61.8 Å². The van der Waals surface area contributed by atoms with E-state index in [4.69, 9.17) is 46.4 Å². The molecule has 0 aromatic heterocycles. The van der Waals surface area contributed by atoms with Crippen LogP contribution in [-0.4, -0.2) is 6.34 Å². The van der Waals surface area contributed by atoms with Gasteiger partial charge in [0.2, 0.25) is 0 Å². The Morgan fingerprint density at radius 1 is 0.737 bits per heavy atom. The lowest BCUT2D eigenvalue weighted by atomic mass is 10.3. The maximum absolute atomic E-state index is 5.86. The first-order chi connectivity index (χ1) is 9.02. The van der Waals surface area contributed by atoms with Gasteiger partial charge in [0.25, 0.3) is 0 Å². The maximum Gasteiger partial charge on any atom is 0.0423 e. The third-order valence-corrected chi connectivity index (χ3v) is 2.98. The molecule has 0 bridgehead atoms. The molecular weight excluding hydrogens is 326 g/mol. The van der Waals surface area contributed by atoms with Crippen LogP contribution in [0.2, 0.25) is 20.1 Å². The minimum atomic E-state index is 0.519. The third kappa shape index (κ3) is 4.59. The highest BCUT2D eigenvalue weighted by Gasteiger charge is 1.93. The lowest BCUT2D eigenvalue weighted by Gasteiger charge is -2.10. The van der Waals surface area contributed by atoms with Crippen LogP contribution in [-0.2, 0) is 0 Å². The van der Waals surface area contributed by atoms with Gasteiger partial charge in [-0.3, -0.25) is 0 Å². The molecule has 6 heteroatoms. The van der Waals surface area contributed by atoms with E-state index < -0.39 is 0 Å². The predicted octanol–water partition coefficient (Wildman–Crippen LogP) is 6.67. The lowest BCUT2D eigenvalue weighted by molar-refractivity contribution is 1.53. The molecule has 98 valence electrons. The molecule has 0 radical (unpaired) electrons. The first-order valence-corrected chi connectivity index (χ1v) is 6.70. The van der Waals surface area contributed by atoms with Gasteiger partial charge in [-0.1, -0.05) is 52.7 Å². The second-order valence-corrected chi connectivity index (χ2v) is 5.37. The molecule has 0 saturated carbocycles. The zero-order valence-corrected chi connectivity index (χ0v) is 12.5. The van der Waals surface area contributed by atoms with Crippen molar-refractivity contribution in [2.45, 2.75) is 0 Å². The number of nitrogens with zero attached hydrogens (tertiary/aromatic N) is 2. The van der Waals surface area contributed by atoms with E-state index in [-0.39, 0.29) is 0 Å². The lowest BCUT2D eigenvalue weighted by Crippen LogP contribution is -1.74. The highest BCUT2D eigenvalue weighted by atomic mass is 35.5. The standard InChI is InChI=1S/C13H7Cl4N2/c14-8-1-9(15)4-12(3-8)18-7-19-13-5-10(16)2-11(17)6-13/h1-7H/q-1. The molecule has 19 heavy (non-hydrogen) atoms. The smallest absolute Gasteiger partial charge is 0.0423 e. The zero-order valence-electron chi connectivity index (χ0n) is 9.45. The largest absolute Gasteiger partial charge is 0.443 e. The van der Waals surface area contributed by atoms with Crippen molar-refractivity contribution in [3.63, 3.8) is 0 Å². The number of rotatable bonds is 3. The SMILES string of the molecule is Clc1cc(Cl)cc(N=C[N-]c2cc(Cl)cc(Cl)c2)c1. The van der Waals surface area contributed by atoms with Crippen molar-refractivity contribution in [1.82, 2.24) is 0 Å². The van der Waals surface area contributed by atoms with Crippen molar-refractivity contribution in [3.8, 4) is 0 Å². The normalized spacial score (nSPS) is 10.9. The van der Waals surface area contributed by atoms with Crippen LogP contribution in [0.5, 0.6) is 0 Å². The highest BCUT2D eigenvalue weighted by Crippen LogP contribution is 2.28. The molecule has 0 heterocycles. The molecule has 2 rings (SSSR count). The van der Waals surface area contributed by atoms with Crippen LogP contribution in [0, 0.1) is 0 Å². The monoisotopic (exact) mass is 331 g/mol. The fraction of sp³-hybridized carbons (Fsp3) is 0. The summed E-state index contributed by atoms with van der Waals surface area (Å²) < 4.78 is 0. The summed E-state index contributed by atoms with van der Waals surface area (Å²) in [4.78, 5) is 4.14. The molecule has 0 saturated heterocycles. The number of hydrogen-bond donors (Lipinski definition) is 0. The third-order valence-electron chi connectivity index (χ3n) is 2.11. The average Bonchev–Trinajstić information content (AvgIpc) is 2.26. The van der Waals surface area contributed by atoms with Crippen LogP contribution in [0.3, 0.4) is 0 Å². The molecular formula is C13H7Cl4N2-. The Labute approximate surface area is 131 Å². The van der Waals surface area contributed by atoms with Crippen LogP contribution in [0.15, 0.2) is 41.4 Å². The summed E-state index contributed by atoms with van der Waals surface area (Å²) >= 11 is 23.5. The first kappa shape index (κ1) is 14.5. The average molecular weight is 333 g/mol. The van der Waals surface area contributed by atoms with Crippen molar-refractivity contribution >= 4 is 64.1 Å². The van der Waals surface area contributed by atoms with Crippen LogP contribution in [0.25, 0.3) is 5.32 Å². The van der Waals surface area contributed by atoms with Gasteiger partial charge in [-0.2, -0.15) is 0 Å². The molecule has 0 aliphatic heterocycles. The Morgan fingerprint density at radius 3 is 1.74 bits per heavy atom. The molecule has 0 unspecified atom stereocenters. The predicted molar refractivity (Wildman–Crippen MR) is 84.1 cm³/mol. The zero-order chi connectivity index (χ0) is 13.8. The van der Waals surface area contributed by atoms with Gasteiger partial charge in [0.1, 0.15) is 0 Å². The van der Waals surface area contributed by atoms with Crippen LogP contribution in [0.4, 0.5) is 11.4 Å². The highest BCUT2D eigenvalue weighted by molar-refractivity contribution is 6.35. The molecule has 0 spiro atoms. The van der Waals surface area contributed by atoms with Crippen LogP contribution in [0.1, 0.15) is 0 Å². The number of halogens is 4. The molecule has 2 nitrogen and oxygen atoms in total. The topological polar surface area (TPSA) is 26.5 Å². The van der Waals surface area contributed by atoms with E-state index in [1.807, 2.05) is 0 Å². The Hall–Kier alpha value is -0.930. The second-order valence-electron chi connectivity index (χ2n) is 3.63. The quantitative estimate of drug-likeness (QED) is 0.443. The summed E-state index contributed by atoms with van der Waals surface area (Å²) in [6, 6.07) is 10.0. The Bertz CT molecular complexity index is 586. The minimum Gasteiger partial charge on any atom is -0.443 e. The van der Waals surface area contributed by atoms with E-state index in [0.29, 0.717) is 31.5 Å². The molecule has 0 aliphatic carbocycles. The van der Waals surface area contributed by atoms with Gasteiger partial charge in [0.15, 0.2) is 0 Å². The number of hydrogen-bond acceptors (Lipinski definition) is 1. The van der Waals surface area contributed by atoms with Crippen molar-refractivity contribution in [2.24, 2.45) is 4.99 Å². The van der Waals surface area contributed by atoms with Gasteiger partial charge >= 0.3 is 0 Å². The Balaban J connectivity index is 2.11. The Morgan fingerprint density at radius 2 is 1.21 bits per heavy atom. The van der Waals surface area contributed by atoms with Crippen molar-refractivity contribution in [2.75, 3.05) is 0 Å². The minimum absolute atomic E-state index is 0.519. The van der Waals surface area contributed by atoms with E-state index in [2.05, 4.69) is 10.3 Å². The van der Waals surface area contributed by atoms with Gasteiger partial charge in [-0.05, 0) is 47.8 Å². The molecule has 2 aromatic carbocycles. The van der Waals surface area contributed by atoms with Gasteiger partial charge in [0.05, 0.1) is 0 Å². The molecule has 0 amide bonds. The number of benzene rings is 2. The number of aliphatic imine (C=N–C) groups is 1. The fourth-order valence-corrected chi connectivity index (χ4v) is 2.42. The molecule has 0 N–H and O–H groups in total. The summed E-state index contributed by atoms with van der Waals surface area (Å²) in [5.41, 5.74) is 1.24. The van der Waals surface area contributed by atoms with Crippen molar-refractivity contribution in [1.29, 1.82) is 0 Å². The summed E-state index contributed by atoms with van der Waals surface area (Å²) in [6.45, 7) is 0. The van der Waals surface area contributed by atoms with Crippen LogP contribution >= 0.6 is 46.4 Å². The summed E-state index contributed by atoms with van der Waals surface area (Å²) in [5, 5.41) is 6.21. The van der Waals surface area contributed by atoms with E-state index in [1.54, 1.807) is 36.4 Å². The van der Waals surface area contributed by atoms with E-state index in [0.717, 1.165) is 0 Å². The summed E-state index contributed by atoms with van der Waals surface area (Å²) in [7, 11) is 0.